The molecule has 1 unspecified atom stereocenters. The molecule has 3 rings (SSSR count). The molecule has 8 nitrogen and oxygen atoms in total. The Labute approximate surface area is 170 Å². The number of benzene rings is 1. The van der Waals surface area contributed by atoms with Gasteiger partial charge < -0.3 is 15.0 Å². The number of piperidine rings is 1. The fraction of sp³-hybridized carbons (Fsp3) is 0.524. The first-order valence-corrected chi connectivity index (χ1v) is 9.87. The SMILES string of the molecule is CC(C)(C)OC(=O)NCCCc1ccc2c(c1)CN(C1CCC(=O)NC1=O)C2=O. The molecule has 1 aromatic rings. The molecule has 2 N–H and O–H groups in total. The van der Waals surface area contributed by atoms with Crippen molar-refractivity contribution >= 4 is 23.8 Å². The summed E-state index contributed by atoms with van der Waals surface area (Å²) in [6.45, 7) is 6.31. The van der Waals surface area contributed by atoms with Gasteiger partial charge in [-0.15, -0.1) is 0 Å². The van der Waals surface area contributed by atoms with Crippen molar-refractivity contribution < 1.29 is 23.9 Å². The third-order valence-corrected chi connectivity index (χ3v) is 4.90. The maximum atomic E-state index is 12.7. The van der Waals surface area contributed by atoms with Gasteiger partial charge >= 0.3 is 6.09 Å². The molecule has 1 saturated heterocycles. The minimum absolute atomic E-state index is 0.173. The number of nitrogens with one attached hydrogen (secondary N) is 2. The van der Waals surface area contributed by atoms with Crippen LogP contribution in [0, 0.1) is 0 Å². The van der Waals surface area contributed by atoms with Gasteiger partial charge in [0.05, 0.1) is 0 Å². The quantitative estimate of drug-likeness (QED) is 0.579. The van der Waals surface area contributed by atoms with Crippen LogP contribution < -0.4 is 10.6 Å². The molecule has 2 aliphatic heterocycles. The Bertz CT molecular complexity index is 843. The Morgan fingerprint density at radius 3 is 2.72 bits per heavy atom. The molecule has 0 aromatic heterocycles. The van der Waals surface area contributed by atoms with E-state index in [-0.39, 0.29) is 18.2 Å². The Balaban J connectivity index is 1.54. The molecule has 0 bridgehead atoms. The summed E-state index contributed by atoms with van der Waals surface area (Å²) in [7, 11) is 0. The molecule has 8 heteroatoms. The second-order valence-electron chi connectivity index (χ2n) is 8.42. The summed E-state index contributed by atoms with van der Waals surface area (Å²) in [5, 5.41) is 5.04. The zero-order valence-electron chi connectivity index (χ0n) is 17.0. The Kier molecular flexibility index (Phi) is 5.91. The van der Waals surface area contributed by atoms with Gasteiger partial charge in [0.2, 0.25) is 11.8 Å². The van der Waals surface area contributed by atoms with E-state index in [0.717, 1.165) is 24.0 Å². The standard InChI is InChI=1S/C21H27N3O5/c1-21(2,3)29-20(28)22-10-4-5-13-6-7-15-14(11-13)12-24(19(15)27)16-8-9-17(25)23-18(16)26/h6-7,11,16H,4-5,8-10,12H2,1-3H3,(H,22,28)(H,23,25,26). The minimum atomic E-state index is -0.603. The van der Waals surface area contributed by atoms with E-state index in [9.17, 15) is 19.2 Å². The second kappa shape index (κ2) is 8.23. The molecule has 29 heavy (non-hydrogen) atoms. The number of imide groups is 1. The first kappa shape index (κ1) is 20.8. The number of nitrogens with zero attached hydrogens (tertiary/aromatic N) is 1. The van der Waals surface area contributed by atoms with Gasteiger partial charge in [-0.3, -0.25) is 19.7 Å². The number of amides is 4. The third kappa shape index (κ3) is 5.13. The summed E-state index contributed by atoms with van der Waals surface area (Å²) in [5.74, 6) is -0.874. The van der Waals surface area contributed by atoms with Crippen LogP contribution >= 0.6 is 0 Å². The molecule has 1 fully saturated rings. The largest absolute Gasteiger partial charge is 0.444 e. The summed E-state index contributed by atoms with van der Waals surface area (Å²) in [6, 6.07) is 5.07. The highest BCUT2D eigenvalue weighted by atomic mass is 16.6. The predicted molar refractivity (Wildman–Crippen MR) is 105 cm³/mol. The van der Waals surface area contributed by atoms with Crippen molar-refractivity contribution in [3.8, 4) is 0 Å². The van der Waals surface area contributed by atoms with E-state index in [4.69, 9.17) is 4.74 Å². The van der Waals surface area contributed by atoms with Crippen LogP contribution in [0.1, 0.15) is 61.5 Å². The number of alkyl carbamates (subject to hydrolysis) is 1. The number of aryl methyl sites for hydroxylation is 1. The van der Waals surface area contributed by atoms with Gasteiger partial charge in [0.15, 0.2) is 0 Å². The van der Waals surface area contributed by atoms with E-state index in [1.807, 2.05) is 32.9 Å². The van der Waals surface area contributed by atoms with Crippen molar-refractivity contribution in [2.45, 2.75) is 64.6 Å². The average Bonchev–Trinajstić information content (AvgIpc) is 2.93. The smallest absolute Gasteiger partial charge is 0.407 e. The molecular formula is C21H27N3O5. The summed E-state index contributed by atoms with van der Waals surface area (Å²) in [6.07, 6.45) is 1.65. The Hall–Kier alpha value is -2.90. The molecule has 0 spiro atoms. The number of hydrogen-bond acceptors (Lipinski definition) is 5. The fourth-order valence-corrected chi connectivity index (χ4v) is 3.58. The molecular weight excluding hydrogens is 374 g/mol. The van der Waals surface area contributed by atoms with Crippen LogP contribution in [0.5, 0.6) is 0 Å². The Morgan fingerprint density at radius 1 is 1.28 bits per heavy atom. The number of carbonyl (C=O) groups is 4. The number of rotatable bonds is 5. The van der Waals surface area contributed by atoms with E-state index in [2.05, 4.69) is 10.6 Å². The van der Waals surface area contributed by atoms with Crippen LogP contribution in [0.2, 0.25) is 0 Å². The maximum absolute atomic E-state index is 12.7. The van der Waals surface area contributed by atoms with Gasteiger partial charge in [0, 0.05) is 25.1 Å². The number of ether oxygens (including phenoxy) is 1. The van der Waals surface area contributed by atoms with Gasteiger partial charge in [-0.1, -0.05) is 12.1 Å². The predicted octanol–water partition coefficient (Wildman–Crippen LogP) is 1.90. The molecule has 1 aromatic carbocycles. The zero-order valence-corrected chi connectivity index (χ0v) is 17.0. The van der Waals surface area contributed by atoms with Crippen LogP contribution in [0.3, 0.4) is 0 Å². The first-order chi connectivity index (χ1) is 13.6. The molecule has 156 valence electrons. The van der Waals surface area contributed by atoms with E-state index < -0.39 is 23.6 Å². The van der Waals surface area contributed by atoms with E-state index in [0.29, 0.717) is 25.1 Å². The van der Waals surface area contributed by atoms with Crippen molar-refractivity contribution in [3.63, 3.8) is 0 Å². The van der Waals surface area contributed by atoms with Crippen molar-refractivity contribution in [3.05, 3.63) is 34.9 Å². The lowest BCUT2D eigenvalue weighted by atomic mass is 10.0. The van der Waals surface area contributed by atoms with Gasteiger partial charge in [-0.05, 0) is 57.2 Å². The highest BCUT2D eigenvalue weighted by Crippen LogP contribution is 2.28. The van der Waals surface area contributed by atoms with Crippen LogP contribution in [-0.4, -0.2) is 46.9 Å². The van der Waals surface area contributed by atoms with Gasteiger partial charge in [0.1, 0.15) is 11.6 Å². The molecule has 4 amide bonds. The normalized spacial score (nSPS) is 19.1. The van der Waals surface area contributed by atoms with E-state index >= 15 is 0 Å². The number of carbonyl (C=O) groups excluding carboxylic acids is 4. The summed E-state index contributed by atoms with van der Waals surface area (Å²) >= 11 is 0. The topological polar surface area (TPSA) is 105 Å². The summed E-state index contributed by atoms with van der Waals surface area (Å²) in [4.78, 5) is 49.3. The lowest BCUT2D eigenvalue weighted by Crippen LogP contribution is -2.52. The molecule has 0 aliphatic carbocycles. The summed E-state index contributed by atoms with van der Waals surface area (Å²) < 4.78 is 5.20. The van der Waals surface area contributed by atoms with Crippen LogP contribution in [0.25, 0.3) is 0 Å². The lowest BCUT2D eigenvalue weighted by Gasteiger charge is -2.29. The first-order valence-electron chi connectivity index (χ1n) is 9.87. The summed E-state index contributed by atoms with van der Waals surface area (Å²) in [5.41, 5.74) is 2.03. The van der Waals surface area contributed by atoms with Gasteiger partial charge in [-0.25, -0.2) is 4.79 Å². The van der Waals surface area contributed by atoms with E-state index in [1.54, 1.807) is 11.0 Å². The lowest BCUT2D eigenvalue weighted by molar-refractivity contribution is -0.136. The average molecular weight is 401 g/mol. The fourth-order valence-electron chi connectivity index (χ4n) is 3.58. The number of hydrogen-bond donors (Lipinski definition) is 2. The van der Waals surface area contributed by atoms with Crippen molar-refractivity contribution in [1.29, 1.82) is 0 Å². The van der Waals surface area contributed by atoms with Crippen LogP contribution in [0.4, 0.5) is 4.79 Å². The second-order valence-corrected chi connectivity index (χ2v) is 8.42. The number of fused-ring (bicyclic) bond motifs is 1. The van der Waals surface area contributed by atoms with E-state index in [1.165, 1.54) is 0 Å². The molecule has 2 heterocycles. The monoisotopic (exact) mass is 401 g/mol. The minimum Gasteiger partial charge on any atom is -0.444 e. The highest BCUT2D eigenvalue weighted by molar-refractivity contribution is 6.05. The molecule has 2 aliphatic rings. The van der Waals surface area contributed by atoms with Crippen molar-refractivity contribution in [2.75, 3.05) is 6.54 Å². The van der Waals surface area contributed by atoms with Crippen LogP contribution in [-0.2, 0) is 27.3 Å². The molecule has 0 saturated carbocycles. The zero-order chi connectivity index (χ0) is 21.2. The molecule has 0 radical (unpaired) electrons. The van der Waals surface area contributed by atoms with Crippen molar-refractivity contribution in [1.82, 2.24) is 15.5 Å². The molecule has 1 atom stereocenters. The van der Waals surface area contributed by atoms with Gasteiger partial charge in [0.25, 0.3) is 5.91 Å². The van der Waals surface area contributed by atoms with Gasteiger partial charge in [-0.2, -0.15) is 0 Å². The third-order valence-electron chi connectivity index (χ3n) is 4.90. The Morgan fingerprint density at radius 2 is 2.03 bits per heavy atom. The van der Waals surface area contributed by atoms with Crippen LogP contribution in [0.15, 0.2) is 18.2 Å². The highest BCUT2D eigenvalue weighted by Gasteiger charge is 2.38. The van der Waals surface area contributed by atoms with Crippen molar-refractivity contribution in [2.24, 2.45) is 0 Å². The maximum Gasteiger partial charge on any atom is 0.407 e.